The van der Waals surface area contributed by atoms with E-state index in [-0.39, 0.29) is 36.2 Å². The van der Waals surface area contributed by atoms with Gasteiger partial charge in [-0.2, -0.15) is 0 Å². The highest BCUT2D eigenvalue weighted by Crippen LogP contribution is 2.28. The lowest BCUT2D eigenvalue weighted by Gasteiger charge is -2.39. The van der Waals surface area contributed by atoms with Gasteiger partial charge in [-0.05, 0) is 38.5 Å². The summed E-state index contributed by atoms with van der Waals surface area (Å²) in [6.45, 7) is 11.2. The molecule has 8 heteroatoms. The largest absolute Gasteiger partial charge is 0.550 e. The number of amides is 3. The highest BCUT2D eigenvalue weighted by atomic mass is 16.4. The number of urea groups is 1. The molecule has 2 heterocycles. The second kappa shape index (κ2) is 10.6. The van der Waals surface area contributed by atoms with E-state index in [9.17, 15) is 19.5 Å². The number of carbonyl (C=O) groups excluding carboxylic acids is 3. The third-order valence-corrected chi connectivity index (χ3v) is 6.03. The number of rotatable bonds is 6. The number of hydrogen-bond donors (Lipinski definition) is 2. The van der Waals surface area contributed by atoms with Crippen molar-refractivity contribution in [2.45, 2.75) is 52.5 Å². The third kappa shape index (κ3) is 6.96. The Labute approximate surface area is 168 Å². The van der Waals surface area contributed by atoms with Crippen LogP contribution in [-0.2, 0) is 9.59 Å². The van der Waals surface area contributed by atoms with Crippen molar-refractivity contribution in [1.82, 2.24) is 15.1 Å². The Bertz CT molecular complexity index is 554. The average Bonchev–Trinajstić information content (AvgIpc) is 2.85. The highest BCUT2D eigenvalue weighted by Gasteiger charge is 2.32. The monoisotopic (exact) mass is 396 g/mol. The van der Waals surface area contributed by atoms with E-state index in [2.05, 4.69) is 5.32 Å². The van der Waals surface area contributed by atoms with Gasteiger partial charge in [0.25, 0.3) is 0 Å². The van der Waals surface area contributed by atoms with E-state index in [0.717, 1.165) is 45.6 Å². The highest BCUT2D eigenvalue weighted by molar-refractivity contribution is 5.74. The molecule has 0 aliphatic carbocycles. The van der Waals surface area contributed by atoms with Crippen molar-refractivity contribution in [1.29, 1.82) is 0 Å². The molecule has 2 aliphatic heterocycles. The maximum absolute atomic E-state index is 12.4. The molecule has 3 amide bonds. The summed E-state index contributed by atoms with van der Waals surface area (Å²) in [4.78, 5) is 40.3. The summed E-state index contributed by atoms with van der Waals surface area (Å²) in [6.07, 6.45) is 2.65. The molecule has 2 aliphatic rings. The first kappa shape index (κ1) is 22.5. The zero-order chi connectivity index (χ0) is 20.7. The van der Waals surface area contributed by atoms with Crippen LogP contribution in [0.3, 0.4) is 0 Å². The van der Waals surface area contributed by atoms with Gasteiger partial charge in [0.05, 0.1) is 26.2 Å². The third-order valence-electron chi connectivity index (χ3n) is 6.03. The first-order chi connectivity index (χ1) is 13.3. The number of aliphatic carboxylic acids is 1. The van der Waals surface area contributed by atoms with E-state index in [1.165, 1.54) is 4.90 Å². The minimum absolute atomic E-state index is 0.0631. The van der Waals surface area contributed by atoms with Crippen LogP contribution in [-0.4, -0.2) is 79.6 Å². The molecule has 2 saturated heterocycles. The van der Waals surface area contributed by atoms with Gasteiger partial charge < -0.3 is 29.9 Å². The molecule has 1 unspecified atom stereocenters. The lowest BCUT2D eigenvalue weighted by molar-refractivity contribution is -0.898. The normalized spacial score (nSPS) is 26.1. The van der Waals surface area contributed by atoms with Gasteiger partial charge in [-0.25, -0.2) is 4.79 Å². The van der Waals surface area contributed by atoms with E-state index in [1.807, 2.05) is 23.6 Å². The number of piperidine rings is 1. The fourth-order valence-electron chi connectivity index (χ4n) is 4.42. The quantitative estimate of drug-likeness (QED) is 0.584. The van der Waals surface area contributed by atoms with E-state index in [4.69, 9.17) is 0 Å². The maximum atomic E-state index is 12.4. The number of likely N-dealkylation sites (tertiary alicyclic amines) is 1. The van der Waals surface area contributed by atoms with Crippen LogP contribution in [0.4, 0.5) is 4.79 Å². The SMILES string of the molecule is CC(=O)N1CCC[NH+](CC[C@H]2CN(C(=O)NC(C)C)CC[C@H]2CC(=O)[O-])CC1. The molecule has 0 aromatic rings. The van der Waals surface area contributed by atoms with Crippen LogP contribution in [0.1, 0.15) is 46.5 Å². The van der Waals surface area contributed by atoms with Crippen LogP contribution in [0.25, 0.3) is 0 Å². The van der Waals surface area contributed by atoms with E-state index in [1.54, 1.807) is 6.92 Å². The molecule has 0 aromatic carbocycles. The predicted octanol–water partition coefficient (Wildman–Crippen LogP) is -1.29. The van der Waals surface area contributed by atoms with Gasteiger partial charge in [-0.3, -0.25) is 4.79 Å². The van der Waals surface area contributed by atoms with Crippen LogP contribution < -0.4 is 15.3 Å². The number of quaternary nitrogens is 1. The van der Waals surface area contributed by atoms with Crippen LogP contribution in [0.15, 0.2) is 0 Å². The number of carboxylic acid groups (broad SMARTS) is 1. The zero-order valence-electron chi connectivity index (χ0n) is 17.5. The van der Waals surface area contributed by atoms with E-state index < -0.39 is 5.97 Å². The van der Waals surface area contributed by atoms with Crippen molar-refractivity contribution in [2.75, 3.05) is 45.8 Å². The first-order valence-corrected chi connectivity index (χ1v) is 10.6. The molecule has 0 radical (unpaired) electrons. The molecule has 0 spiro atoms. The van der Waals surface area contributed by atoms with Gasteiger partial charge in [0.1, 0.15) is 0 Å². The summed E-state index contributed by atoms with van der Waals surface area (Å²) in [6, 6.07) is 0.0174. The Kier molecular flexibility index (Phi) is 8.54. The number of carboxylic acids is 1. The molecule has 2 fully saturated rings. The molecule has 3 atom stereocenters. The standard InChI is InChI=1S/C20H36N4O4/c1-15(2)21-20(28)24-10-6-17(13-19(26)27)18(14-24)5-9-22-7-4-8-23(12-11-22)16(3)25/h15,17-18H,4-14H2,1-3H3,(H,21,28)(H,26,27)/t17-,18-/m0/s1. The van der Waals surface area contributed by atoms with Crippen molar-refractivity contribution in [3.63, 3.8) is 0 Å². The molecule has 0 aromatic heterocycles. The van der Waals surface area contributed by atoms with E-state index in [0.29, 0.717) is 19.5 Å². The second-order valence-corrected chi connectivity index (χ2v) is 8.58. The van der Waals surface area contributed by atoms with Crippen LogP contribution in [0.5, 0.6) is 0 Å². The topological polar surface area (TPSA) is 97.2 Å². The smallest absolute Gasteiger partial charge is 0.317 e. The molecule has 8 nitrogen and oxygen atoms in total. The number of hydrogen-bond acceptors (Lipinski definition) is 4. The summed E-state index contributed by atoms with van der Waals surface area (Å²) >= 11 is 0. The summed E-state index contributed by atoms with van der Waals surface area (Å²) in [7, 11) is 0. The van der Waals surface area contributed by atoms with Gasteiger partial charge in [-0.15, -0.1) is 0 Å². The number of carbonyl (C=O) groups is 3. The van der Waals surface area contributed by atoms with Gasteiger partial charge >= 0.3 is 6.03 Å². The molecule has 0 saturated carbocycles. The lowest BCUT2D eigenvalue weighted by Crippen LogP contribution is -3.12. The summed E-state index contributed by atoms with van der Waals surface area (Å²) in [5.41, 5.74) is 0. The van der Waals surface area contributed by atoms with Crippen molar-refractivity contribution < 1.29 is 24.4 Å². The molecule has 2 N–H and O–H groups in total. The van der Waals surface area contributed by atoms with Crippen molar-refractivity contribution in [2.24, 2.45) is 11.8 Å². The van der Waals surface area contributed by atoms with Crippen LogP contribution >= 0.6 is 0 Å². The fraction of sp³-hybridized carbons (Fsp3) is 0.850. The minimum atomic E-state index is -1.01. The number of nitrogens with one attached hydrogen (secondary N) is 2. The van der Waals surface area contributed by atoms with Crippen molar-refractivity contribution >= 4 is 17.9 Å². The Morgan fingerprint density at radius 3 is 2.50 bits per heavy atom. The minimum Gasteiger partial charge on any atom is -0.550 e. The predicted molar refractivity (Wildman–Crippen MR) is 104 cm³/mol. The van der Waals surface area contributed by atoms with Crippen LogP contribution in [0, 0.1) is 11.8 Å². The number of nitrogens with zero attached hydrogens (tertiary/aromatic N) is 2. The van der Waals surface area contributed by atoms with Crippen LogP contribution in [0.2, 0.25) is 0 Å². The first-order valence-electron chi connectivity index (χ1n) is 10.6. The molecule has 160 valence electrons. The molecule has 28 heavy (non-hydrogen) atoms. The summed E-state index contributed by atoms with van der Waals surface area (Å²) in [5.74, 6) is -0.638. The molecule has 0 bridgehead atoms. The summed E-state index contributed by atoms with van der Waals surface area (Å²) in [5, 5.41) is 14.1. The van der Waals surface area contributed by atoms with Gasteiger partial charge in [0, 0.05) is 51.4 Å². The van der Waals surface area contributed by atoms with Crippen molar-refractivity contribution in [3.8, 4) is 0 Å². The van der Waals surface area contributed by atoms with Gasteiger partial charge in [0.15, 0.2) is 0 Å². The average molecular weight is 397 g/mol. The fourth-order valence-corrected chi connectivity index (χ4v) is 4.42. The van der Waals surface area contributed by atoms with Gasteiger partial charge in [0.2, 0.25) is 5.91 Å². The molecular weight excluding hydrogens is 360 g/mol. The Hall–Kier alpha value is -1.83. The zero-order valence-corrected chi connectivity index (χ0v) is 17.5. The Morgan fingerprint density at radius 2 is 1.86 bits per heavy atom. The maximum Gasteiger partial charge on any atom is 0.317 e. The van der Waals surface area contributed by atoms with Gasteiger partial charge in [-0.1, -0.05) is 0 Å². The van der Waals surface area contributed by atoms with Crippen molar-refractivity contribution in [3.05, 3.63) is 0 Å². The summed E-state index contributed by atoms with van der Waals surface area (Å²) < 4.78 is 0. The molecular formula is C20H36N4O4. The van der Waals surface area contributed by atoms with E-state index >= 15 is 0 Å². The Morgan fingerprint density at radius 1 is 1.11 bits per heavy atom. The Balaban J connectivity index is 1.92. The molecule has 2 rings (SSSR count). The lowest BCUT2D eigenvalue weighted by atomic mass is 9.81. The second-order valence-electron chi connectivity index (χ2n) is 8.58.